The Bertz CT molecular complexity index is 366. The predicted octanol–water partition coefficient (Wildman–Crippen LogP) is 2.10. The number of nitro benzene ring substituents is 1. The number of nitrogens with zero attached hydrogens (tertiary/aromatic N) is 1. The molecule has 1 aromatic carbocycles. The summed E-state index contributed by atoms with van der Waals surface area (Å²) < 4.78 is 5.15. The van der Waals surface area contributed by atoms with Crippen LogP contribution in [0.25, 0.3) is 0 Å². The number of benzene rings is 1. The number of non-ortho nitro benzene ring substituents is 1. The third kappa shape index (κ3) is 3.20. The van der Waals surface area contributed by atoms with Crippen LogP contribution in [0.5, 0.6) is 5.75 Å². The molecule has 5 heteroatoms. The molecule has 0 aliphatic heterocycles. The van der Waals surface area contributed by atoms with Crippen molar-refractivity contribution in [3.63, 3.8) is 0 Å². The molecule has 0 radical (unpaired) electrons. The van der Waals surface area contributed by atoms with Gasteiger partial charge in [-0.05, 0) is 19.0 Å². The van der Waals surface area contributed by atoms with Gasteiger partial charge in [-0.3, -0.25) is 10.1 Å². The molecule has 0 atom stereocenters. The quantitative estimate of drug-likeness (QED) is 0.456. The zero-order valence-electron chi connectivity index (χ0n) is 9.53. The van der Waals surface area contributed by atoms with Crippen molar-refractivity contribution in [3.8, 4) is 5.75 Å². The SMILES string of the molecule is CCCNCc1cc([N+](=O)[O-])ccc1OC. The third-order valence-electron chi connectivity index (χ3n) is 2.22. The first-order valence-corrected chi connectivity index (χ1v) is 5.21. The van der Waals surface area contributed by atoms with E-state index in [-0.39, 0.29) is 5.69 Å². The van der Waals surface area contributed by atoms with Crippen molar-refractivity contribution in [3.05, 3.63) is 33.9 Å². The molecule has 0 aliphatic carbocycles. The average Bonchev–Trinajstić information content (AvgIpc) is 2.29. The Morgan fingerprint density at radius 3 is 2.81 bits per heavy atom. The lowest BCUT2D eigenvalue weighted by molar-refractivity contribution is -0.384. The lowest BCUT2D eigenvalue weighted by Gasteiger charge is -2.08. The van der Waals surface area contributed by atoms with Gasteiger partial charge in [0, 0.05) is 24.2 Å². The highest BCUT2D eigenvalue weighted by Crippen LogP contribution is 2.23. The maximum atomic E-state index is 10.6. The number of hydrogen-bond acceptors (Lipinski definition) is 4. The first kappa shape index (κ1) is 12.4. The molecule has 0 aliphatic rings. The molecule has 5 nitrogen and oxygen atoms in total. The van der Waals surface area contributed by atoms with Crippen LogP contribution in [-0.4, -0.2) is 18.6 Å². The van der Waals surface area contributed by atoms with Crippen molar-refractivity contribution in [2.24, 2.45) is 0 Å². The van der Waals surface area contributed by atoms with Gasteiger partial charge in [0.05, 0.1) is 12.0 Å². The minimum absolute atomic E-state index is 0.0918. The van der Waals surface area contributed by atoms with Crippen LogP contribution < -0.4 is 10.1 Å². The van der Waals surface area contributed by atoms with E-state index in [2.05, 4.69) is 12.2 Å². The van der Waals surface area contributed by atoms with E-state index in [9.17, 15) is 10.1 Å². The van der Waals surface area contributed by atoms with Crippen molar-refractivity contribution >= 4 is 5.69 Å². The number of methoxy groups -OCH3 is 1. The minimum Gasteiger partial charge on any atom is -0.496 e. The summed E-state index contributed by atoms with van der Waals surface area (Å²) in [6, 6.07) is 4.62. The van der Waals surface area contributed by atoms with E-state index in [0.29, 0.717) is 12.3 Å². The molecule has 0 bridgehead atoms. The highest BCUT2D eigenvalue weighted by atomic mass is 16.6. The number of nitro groups is 1. The van der Waals surface area contributed by atoms with Crippen LogP contribution in [0.4, 0.5) is 5.69 Å². The number of nitrogens with one attached hydrogen (secondary N) is 1. The van der Waals surface area contributed by atoms with Gasteiger partial charge < -0.3 is 10.1 Å². The minimum atomic E-state index is -0.400. The molecule has 88 valence electrons. The summed E-state index contributed by atoms with van der Waals surface area (Å²) in [5.74, 6) is 0.675. The van der Waals surface area contributed by atoms with Crippen molar-refractivity contribution in [1.82, 2.24) is 5.32 Å². The molecule has 0 unspecified atom stereocenters. The van der Waals surface area contributed by atoms with E-state index in [1.807, 2.05) is 0 Å². The molecule has 0 heterocycles. The Balaban J connectivity index is 2.84. The molecule has 0 spiro atoms. The number of rotatable bonds is 6. The van der Waals surface area contributed by atoms with Gasteiger partial charge in [0.2, 0.25) is 0 Å². The van der Waals surface area contributed by atoms with Crippen LogP contribution in [0.1, 0.15) is 18.9 Å². The lowest BCUT2D eigenvalue weighted by Crippen LogP contribution is -2.14. The maximum absolute atomic E-state index is 10.6. The fourth-order valence-corrected chi connectivity index (χ4v) is 1.42. The Morgan fingerprint density at radius 1 is 1.50 bits per heavy atom. The van der Waals surface area contributed by atoms with E-state index in [1.165, 1.54) is 6.07 Å². The van der Waals surface area contributed by atoms with Gasteiger partial charge in [-0.2, -0.15) is 0 Å². The van der Waals surface area contributed by atoms with Gasteiger partial charge in [-0.25, -0.2) is 0 Å². The molecule has 0 saturated carbocycles. The van der Waals surface area contributed by atoms with Crippen LogP contribution in [0.2, 0.25) is 0 Å². The normalized spacial score (nSPS) is 10.1. The Morgan fingerprint density at radius 2 is 2.25 bits per heavy atom. The Labute approximate surface area is 94.6 Å². The van der Waals surface area contributed by atoms with Gasteiger partial charge >= 0.3 is 0 Å². The zero-order chi connectivity index (χ0) is 12.0. The van der Waals surface area contributed by atoms with E-state index < -0.39 is 4.92 Å². The zero-order valence-corrected chi connectivity index (χ0v) is 9.53. The molecule has 1 rings (SSSR count). The van der Waals surface area contributed by atoms with Crippen LogP contribution >= 0.6 is 0 Å². The smallest absolute Gasteiger partial charge is 0.270 e. The Hall–Kier alpha value is -1.62. The Kier molecular flexibility index (Phi) is 4.72. The van der Waals surface area contributed by atoms with E-state index in [1.54, 1.807) is 19.2 Å². The van der Waals surface area contributed by atoms with Gasteiger partial charge in [0.25, 0.3) is 5.69 Å². The molecule has 0 saturated heterocycles. The summed E-state index contributed by atoms with van der Waals surface area (Å²) in [7, 11) is 1.56. The topological polar surface area (TPSA) is 64.4 Å². The molecular weight excluding hydrogens is 208 g/mol. The number of ether oxygens (including phenoxy) is 1. The highest BCUT2D eigenvalue weighted by Gasteiger charge is 2.10. The van der Waals surface area contributed by atoms with Crippen LogP contribution in [0.15, 0.2) is 18.2 Å². The largest absolute Gasteiger partial charge is 0.496 e. The van der Waals surface area contributed by atoms with Crippen LogP contribution in [0.3, 0.4) is 0 Å². The second-order valence-corrected chi connectivity index (χ2v) is 3.43. The van der Waals surface area contributed by atoms with Crippen molar-refractivity contribution in [2.75, 3.05) is 13.7 Å². The van der Waals surface area contributed by atoms with Gasteiger partial charge in [-0.1, -0.05) is 6.92 Å². The summed E-state index contributed by atoms with van der Waals surface area (Å²) in [5, 5.41) is 13.8. The summed E-state index contributed by atoms with van der Waals surface area (Å²) in [5.41, 5.74) is 0.902. The fourth-order valence-electron chi connectivity index (χ4n) is 1.42. The molecule has 1 aromatic rings. The van der Waals surface area contributed by atoms with E-state index >= 15 is 0 Å². The van der Waals surface area contributed by atoms with E-state index in [0.717, 1.165) is 18.5 Å². The molecule has 0 aromatic heterocycles. The second-order valence-electron chi connectivity index (χ2n) is 3.43. The van der Waals surface area contributed by atoms with Crippen LogP contribution in [0, 0.1) is 10.1 Å². The predicted molar refractivity (Wildman–Crippen MR) is 61.6 cm³/mol. The van der Waals surface area contributed by atoms with Crippen molar-refractivity contribution < 1.29 is 9.66 Å². The van der Waals surface area contributed by atoms with Gasteiger partial charge in [0.1, 0.15) is 5.75 Å². The first-order valence-electron chi connectivity index (χ1n) is 5.21. The van der Waals surface area contributed by atoms with Gasteiger partial charge in [0.15, 0.2) is 0 Å². The molecular formula is C11H16N2O3. The summed E-state index contributed by atoms with van der Waals surface area (Å²) >= 11 is 0. The lowest BCUT2D eigenvalue weighted by atomic mass is 10.1. The summed E-state index contributed by atoms with van der Waals surface area (Å²) in [6.45, 7) is 3.53. The molecule has 16 heavy (non-hydrogen) atoms. The van der Waals surface area contributed by atoms with Crippen molar-refractivity contribution in [1.29, 1.82) is 0 Å². The first-order chi connectivity index (χ1) is 7.69. The molecule has 0 fully saturated rings. The number of hydrogen-bond donors (Lipinski definition) is 1. The average molecular weight is 224 g/mol. The fraction of sp³-hybridized carbons (Fsp3) is 0.455. The summed E-state index contributed by atoms with van der Waals surface area (Å²) in [6.07, 6.45) is 1.03. The third-order valence-corrected chi connectivity index (χ3v) is 2.22. The standard InChI is InChI=1S/C11H16N2O3/c1-3-6-12-8-9-7-10(13(14)15)4-5-11(9)16-2/h4-5,7,12H,3,6,8H2,1-2H3. The maximum Gasteiger partial charge on any atom is 0.270 e. The highest BCUT2D eigenvalue weighted by molar-refractivity contribution is 5.43. The summed E-state index contributed by atoms with van der Waals surface area (Å²) in [4.78, 5) is 10.2. The van der Waals surface area contributed by atoms with Crippen LogP contribution in [-0.2, 0) is 6.54 Å². The van der Waals surface area contributed by atoms with Crippen molar-refractivity contribution in [2.45, 2.75) is 19.9 Å². The van der Waals surface area contributed by atoms with E-state index in [4.69, 9.17) is 4.74 Å². The molecule has 1 N–H and O–H groups in total. The van der Waals surface area contributed by atoms with Gasteiger partial charge in [-0.15, -0.1) is 0 Å². The molecule has 0 amide bonds. The second kappa shape index (κ2) is 6.07. The monoisotopic (exact) mass is 224 g/mol.